The summed E-state index contributed by atoms with van der Waals surface area (Å²) >= 11 is 0. The van der Waals surface area contributed by atoms with E-state index in [0.29, 0.717) is 41.1 Å². The van der Waals surface area contributed by atoms with Crippen LogP contribution >= 0.6 is 0 Å². The van der Waals surface area contributed by atoms with Crippen molar-refractivity contribution in [2.24, 2.45) is 11.8 Å². The predicted octanol–water partition coefficient (Wildman–Crippen LogP) is 4.21. The zero-order chi connectivity index (χ0) is 19.4. The number of aromatic nitrogens is 1. The van der Waals surface area contributed by atoms with Crippen LogP contribution in [0.25, 0.3) is 11.7 Å². The summed E-state index contributed by atoms with van der Waals surface area (Å²) in [6.07, 6.45) is 11.8. The molecule has 3 saturated heterocycles. The van der Waals surface area contributed by atoms with Crippen LogP contribution in [-0.4, -0.2) is 41.6 Å². The van der Waals surface area contributed by atoms with Gasteiger partial charge in [0.1, 0.15) is 6.07 Å². The monoisotopic (exact) mass is 390 g/mol. The molecule has 2 bridgehead atoms. The number of rotatable bonds is 2. The molecule has 6 rings (SSSR count). The van der Waals surface area contributed by atoms with Crippen molar-refractivity contribution in [3.63, 3.8) is 0 Å². The molecule has 5 heterocycles. The zero-order valence-electron chi connectivity index (χ0n) is 16.6. The Labute approximate surface area is 170 Å². The fourth-order valence-electron chi connectivity index (χ4n) is 6.29. The van der Waals surface area contributed by atoms with Gasteiger partial charge in [-0.15, -0.1) is 0 Å². The van der Waals surface area contributed by atoms with Crippen molar-refractivity contribution in [1.82, 2.24) is 9.88 Å². The van der Waals surface area contributed by atoms with Crippen LogP contribution in [-0.2, 0) is 0 Å². The van der Waals surface area contributed by atoms with Gasteiger partial charge < -0.3 is 13.7 Å². The molecule has 4 aliphatic rings. The van der Waals surface area contributed by atoms with Crippen LogP contribution in [0.1, 0.15) is 44.2 Å². The fourth-order valence-corrected chi connectivity index (χ4v) is 6.29. The second-order valence-corrected chi connectivity index (χ2v) is 8.96. The van der Waals surface area contributed by atoms with Gasteiger partial charge in [0.15, 0.2) is 5.76 Å². The largest absolute Gasteiger partial charge is 0.459 e. The van der Waals surface area contributed by atoms with E-state index in [1.165, 1.54) is 45.2 Å². The lowest BCUT2D eigenvalue weighted by Crippen LogP contribution is -2.59. The van der Waals surface area contributed by atoms with Gasteiger partial charge in [-0.3, -0.25) is 4.90 Å². The Morgan fingerprint density at radius 2 is 2.17 bits per heavy atom. The Bertz CT molecular complexity index is 970. The summed E-state index contributed by atoms with van der Waals surface area (Å²) in [5.74, 6) is 2.88. The first-order chi connectivity index (χ1) is 14.3. The number of hydrogen-bond donors (Lipinski definition) is 0. The maximum Gasteiger partial charge on any atom is 0.266 e. The van der Waals surface area contributed by atoms with E-state index in [1.807, 2.05) is 12.1 Å². The first-order valence-electron chi connectivity index (χ1n) is 11.0. The minimum absolute atomic E-state index is 0.326. The molecule has 1 aliphatic carbocycles. The van der Waals surface area contributed by atoms with E-state index >= 15 is 0 Å². The SMILES string of the molecule is N#Cc1nc(-c2ccco2)oc1N1CCCC2=C[C@@H]3C[C@H](CN4CCCC[C@H]34)[C@@H]21. The van der Waals surface area contributed by atoms with Crippen LogP contribution in [0.3, 0.4) is 0 Å². The summed E-state index contributed by atoms with van der Waals surface area (Å²) in [5.41, 5.74) is 1.92. The van der Waals surface area contributed by atoms with Crippen molar-refractivity contribution in [3.05, 3.63) is 35.7 Å². The van der Waals surface area contributed by atoms with E-state index in [2.05, 4.69) is 26.9 Å². The Hall–Kier alpha value is -2.52. The van der Waals surface area contributed by atoms with E-state index < -0.39 is 0 Å². The first-order valence-corrected chi connectivity index (χ1v) is 11.0. The summed E-state index contributed by atoms with van der Waals surface area (Å²) in [6, 6.07) is 6.96. The lowest BCUT2D eigenvalue weighted by Gasteiger charge is -2.54. The predicted molar refractivity (Wildman–Crippen MR) is 108 cm³/mol. The molecule has 0 spiro atoms. The van der Waals surface area contributed by atoms with Gasteiger partial charge in [0.2, 0.25) is 11.6 Å². The maximum atomic E-state index is 9.73. The number of fused-ring (bicyclic) bond motifs is 6. The second-order valence-electron chi connectivity index (χ2n) is 8.96. The summed E-state index contributed by atoms with van der Waals surface area (Å²) in [6.45, 7) is 3.32. The van der Waals surface area contributed by atoms with Crippen molar-refractivity contribution in [1.29, 1.82) is 5.26 Å². The molecule has 0 aromatic carbocycles. The number of nitriles is 1. The highest BCUT2D eigenvalue weighted by Crippen LogP contribution is 2.46. The quantitative estimate of drug-likeness (QED) is 0.716. The smallest absolute Gasteiger partial charge is 0.266 e. The highest BCUT2D eigenvalue weighted by atomic mass is 16.4. The van der Waals surface area contributed by atoms with Gasteiger partial charge >= 0.3 is 0 Å². The van der Waals surface area contributed by atoms with Crippen molar-refractivity contribution in [2.75, 3.05) is 24.5 Å². The number of anilines is 1. The maximum absolute atomic E-state index is 9.73. The molecule has 2 aromatic rings. The summed E-state index contributed by atoms with van der Waals surface area (Å²) in [4.78, 5) is 9.51. The van der Waals surface area contributed by atoms with Crippen LogP contribution in [0.2, 0.25) is 0 Å². The number of oxazole rings is 1. The fraction of sp³-hybridized carbons (Fsp3) is 0.565. The van der Waals surface area contributed by atoms with Crippen LogP contribution in [0.4, 0.5) is 5.88 Å². The van der Waals surface area contributed by atoms with Crippen LogP contribution in [0.5, 0.6) is 0 Å². The average molecular weight is 390 g/mol. The Balaban J connectivity index is 1.38. The van der Waals surface area contributed by atoms with Crippen molar-refractivity contribution in [3.8, 4) is 17.7 Å². The molecule has 3 aliphatic heterocycles. The minimum Gasteiger partial charge on any atom is -0.459 e. The second kappa shape index (κ2) is 6.77. The highest BCUT2D eigenvalue weighted by Gasteiger charge is 2.47. The minimum atomic E-state index is 0.326. The third kappa shape index (κ3) is 2.75. The lowest BCUT2D eigenvalue weighted by atomic mass is 9.68. The third-order valence-electron chi connectivity index (χ3n) is 7.37. The van der Waals surface area contributed by atoms with Crippen LogP contribution < -0.4 is 4.90 Å². The van der Waals surface area contributed by atoms with Crippen molar-refractivity contribution < 1.29 is 8.83 Å². The molecule has 2 aromatic heterocycles. The summed E-state index contributed by atoms with van der Waals surface area (Å²) in [7, 11) is 0. The van der Waals surface area contributed by atoms with E-state index in [9.17, 15) is 5.26 Å². The molecule has 6 nitrogen and oxygen atoms in total. The normalized spacial score (nSPS) is 31.6. The molecule has 3 fully saturated rings. The summed E-state index contributed by atoms with van der Waals surface area (Å²) < 4.78 is 11.6. The number of hydrogen-bond acceptors (Lipinski definition) is 6. The van der Waals surface area contributed by atoms with Crippen LogP contribution in [0.15, 0.2) is 38.9 Å². The molecule has 0 N–H and O–H groups in total. The van der Waals surface area contributed by atoms with Gasteiger partial charge in [0.25, 0.3) is 5.89 Å². The Morgan fingerprint density at radius 1 is 1.21 bits per heavy atom. The summed E-state index contributed by atoms with van der Waals surface area (Å²) in [5, 5.41) is 9.73. The van der Waals surface area contributed by atoms with E-state index in [0.717, 1.165) is 19.0 Å². The van der Waals surface area contributed by atoms with Crippen LogP contribution in [0, 0.1) is 23.2 Å². The molecule has 150 valence electrons. The van der Waals surface area contributed by atoms with Gasteiger partial charge in [-0.25, -0.2) is 0 Å². The molecule has 0 saturated carbocycles. The molecule has 0 unspecified atom stereocenters. The number of furan rings is 1. The third-order valence-corrected chi connectivity index (χ3v) is 7.37. The van der Waals surface area contributed by atoms with Gasteiger partial charge in [-0.05, 0) is 62.6 Å². The van der Waals surface area contributed by atoms with E-state index in [4.69, 9.17) is 8.83 Å². The average Bonchev–Trinajstić information content (AvgIpc) is 3.43. The van der Waals surface area contributed by atoms with Gasteiger partial charge in [0.05, 0.1) is 12.3 Å². The molecular weight excluding hydrogens is 364 g/mol. The number of piperidine rings is 3. The molecule has 29 heavy (non-hydrogen) atoms. The molecule has 4 atom stereocenters. The zero-order valence-corrected chi connectivity index (χ0v) is 16.6. The Morgan fingerprint density at radius 3 is 3.03 bits per heavy atom. The molecular formula is C23H26N4O2. The Kier molecular flexibility index (Phi) is 4.05. The van der Waals surface area contributed by atoms with E-state index in [1.54, 1.807) is 11.8 Å². The number of nitrogens with zero attached hydrogens (tertiary/aromatic N) is 4. The topological polar surface area (TPSA) is 69.4 Å². The van der Waals surface area contributed by atoms with Gasteiger partial charge in [-0.2, -0.15) is 10.2 Å². The first kappa shape index (κ1) is 17.3. The standard InChI is InChI=1S/C23H26N4O2/c24-13-18-23(29-22(25-18)20-7-4-10-28-20)27-9-3-5-15-11-16-12-17(21(15)27)14-26-8-2-1-6-19(16)26/h4,7,10-11,16-17,19,21H,1-3,5-6,8-9,12,14H2/t16-,17-,19-,21-/m1/s1. The van der Waals surface area contributed by atoms with Gasteiger partial charge in [-0.1, -0.05) is 18.1 Å². The molecule has 6 heteroatoms. The van der Waals surface area contributed by atoms with E-state index in [-0.39, 0.29) is 0 Å². The molecule has 0 radical (unpaired) electrons. The molecule has 0 amide bonds. The van der Waals surface area contributed by atoms with Crippen molar-refractivity contribution >= 4 is 5.88 Å². The van der Waals surface area contributed by atoms with Crippen molar-refractivity contribution in [2.45, 2.75) is 50.6 Å². The lowest BCUT2D eigenvalue weighted by molar-refractivity contribution is 0.0306. The highest BCUT2D eigenvalue weighted by molar-refractivity contribution is 5.57. The van der Waals surface area contributed by atoms with Gasteiger partial charge in [0, 0.05) is 19.1 Å².